The molecule has 9 aromatic rings. The average Bonchev–Trinajstić information content (AvgIpc) is 3.81. The maximum absolute atomic E-state index is 15.5. The number of imidazole rings is 1. The van der Waals surface area contributed by atoms with Crippen LogP contribution < -0.4 is 4.40 Å². The van der Waals surface area contributed by atoms with Crippen LogP contribution >= 0.6 is 0 Å². The Bertz CT molecular complexity index is 3330. The molecule has 0 bridgehead atoms. The number of benzene rings is 4. The molecule has 0 aliphatic rings. The maximum atomic E-state index is 15.5. The van der Waals surface area contributed by atoms with Gasteiger partial charge in [0.1, 0.15) is 28.7 Å². The molecule has 0 unspecified atom stereocenters. The fourth-order valence-corrected chi connectivity index (χ4v) is 11.2. The van der Waals surface area contributed by atoms with Crippen LogP contribution in [0.15, 0.2) is 102 Å². The van der Waals surface area contributed by atoms with Gasteiger partial charge in [0, 0.05) is 51.8 Å². The number of pyridine rings is 3. The molecule has 63 heavy (non-hydrogen) atoms. The second kappa shape index (κ2) is 18.9. The van der Waals surface area contributed by atoms with Gasteiger partial charge in [-0.3, -0.25) is 9.55 Å². The summed E-state index contributed by atoms with van der Waals surface area (Å²) in [4.78, 5) is 18.5. The molecular weight excluding hydrogens is 1030 g/mol. The van der Waals surface area contributed by atoms with Gasteiger partial charge in [-0.2, -0.15) is 0 Å². The number of fused-ring (bicyclic) bond motifs is 6. The molecule has 0 N–H and O–H groups in total. The molecule has 9 rings (SSSR count). The van der Waals surface area contributed by atoms with Gasteiger partial charge in [-0.15, -0.1) is 0 Å². The van der Waals surface area contributed by atoms with E-state index in [2.05, 4.69) is 61.0 Å². The number of nitrogens with zero attached hydrogens (tertiary/aromatic N) is 5. The van der Waals surface area contributed by atoms with Crippen LogP contribution in [0, 0.1) is 56.5 Å². The van der Waals surface area contributed by atoms with Crippen LogP contribution in [0.2, 0.25) is 17.3 Å². The Labute approximate surface area is 392 Å². The minimum atomic E-state index is -2.48. The molecule has 0 aliphatic carbocycles. The number of hydrogen-bond acceptors (Lipinski definition) is 5. The first kappa shape index (κ1) is 39.4. The summed E-state index contributed by atoms with van der Waals surface area (Å²) in [6.45, 7) is 3.75. The predicted octanol–water partition coefficient (Wildman–Crippen LogP) is 13.5. The van der Waals surface area contributed by atoms with Crippen molar-refractivity contribution in [3.63, 3.8) is 0 Å². The van der Waals surface area contributed by atoms with E-state index in [4.69, 9.17) is 22.6 Å². The third-order valence-corrected chi connectivity index (χ3v) is 14.8. The molecule has 5 heterocycles. The summed E-state index contributed by atoms with van der Waals surface area (Å²) in [6.07, 6.45) is 3.60. The van der Waals surface area contributed by atoms with Crippen molar-refractivity contribution in [1.29, 1.82) is 0 Å². The van der Waals surface area contributed by atoms with Crippen molar-refractivity contribution >= 4 is 61.7 Å². The van der Waals surface area contributed by atoms with Gasteiger partial charge in [-0.25, -0.2) is 18.7 Å². The van der Waals surface area contributed by atoms with E-state index in [-0.39, 0.29) is 66.9 Å². The van der Waals surface area contributed by atoms with Crippen LogP contribution in [0.1, 0.15) is 58.4 Å². The molecule has 1 radical (unpaired) electrons. The van der Waals surface area contributed by atoms with Gasteiger partial charge in [0.05, 0.1) is 22.1 Å². The number of aromatic nitrogens is 5. The zero-order valence-corrected chi connectivity index (χ0v) is 40.9. The molecule has 4 aromatic carbocycles. The summed E-state index contributed by atoms with van der Waals surface area (Å²) >= 11 is -2.08. The van der Waals surface area contributed by atoms with Gasteiger partial charge in [-0.05, 0) is 61.7 Å². The zero-order chi connectivity index (χ0) is 48.3. The van der Waals surface area contributed by atoms with E-state index in [0.717, 1.165) is 35.4 Å². The first-order valence-electron chi connectivity index (χ1n) is 23.3. The summed E-state index contributed by atoms with van der Waals surface area (Å²) in [6, 6.07) is 26.8. The SMILES string of the molecule is [2H]C([2H])([2H])c1c[c-]c(-c2cc(CC(C)C)[c]([Ge]([CH3])([CH3])[CH3])cn2)c(F)c1.[2H]C([2H])([2H])c1ccc2ccc3nc(-c4cccc5c4oc4nc(CC(C)C)ccc45)n(-c4c(F)cccc4F)c3c2n1.[CH3-].[Ir]. The van der Waals surface area contributed by atoms with Crippen LogP contribution in [0.5, 0.6) is 0 Å². The Kier molecular flexibility index (Phi) is 11.8. The number of para-hydroxylation sites is 2. The second-order valence-corrected chi connectivity index (χ2v) is 27.8. The van der Waals surface area contributed by atoms with Gasteiger partial charge in [0.15, 0.2) is 0 Å². The summed E-state index contributed by atoms with van der Waals surface area (Å²) in [5, 5.41) is 2.20. The summed E-state index contributed by atoms with van der Waals surface area (Å²) in [7, 11) is 0. The molecule has 0 aliphatic heterocycles. The topological polar surface area (TPSA) is 69.6 Å². The van der Waals surface area contributed by atoms with Crippen molar-refractivity contribution in [3.8, 4) is 28.3 Å². The Hall–Kier alpha value is -5.16. The molecule has 11 heteroatoms. The number of halogens is 3. The second-order valence-electron chi connectivity index (χ2n) is 17.3. The van der Waals surface area contributed by atoms with Gasteiger partial charge in [-0.1, -0.05) is 44.2 Å². The van der Waals surface area contributed by atoms with Gasteiger partial charge < -0.3 is 11.8 Å². The van der Waals surface area contributed by atoms with Crippen molar-refractivity contribution in [2.45, 2.75) is 71.5 Å². The molecule has 0 saturated carbocycles. The van der Waals surface area contributed by atoms with Crippen molar-refractivity contribution in [2.75, 3.05) is 0 Å². The Morgan fingerprint density at radius 3 is 2.21 bits per heavy atom. The molecule has 327 valence electrons. The number of aryl methyl sites for hydroxylation is 2. The average molecular weight is 1090 g/mol. The molecule has 0 amide bonds. The van der Waals surface area contributed by atoms with E-state index < -0.39 is 44.4 Å². The fraction of sp³-hybridized carbons (Fsp3) is 0.250. The van der Waals surface area contributed by atoms with Gasteiger partial charge in [0.25, 0.3) is 0 Å². The number of hydrogen-bond donors (Lipinski definition) is 0. The first-order chi connectivity index (χ1) is 31.5. The van der Waals surface area contributed by atoms with Crippen LogP contribution in [-0.4, -0.2) is 37.8 Å². The third-order valence-electron chi connectivity index (χ3n) is 10.5. The van der Waals surface area contributed by atoms with Crippen molar-refractivity contribution in [1.82, 2.24) is 24.5 Å². The summed E-state index contributed by atoms with van der Waals surface area (Å²) in [5.74, 6) is 5.86. The molecule has 0 fully saturated rings. The van der Waals surface area contributed by atoms with Crippen LogP contribution in [0.25, 0.3) is 72.3 Å². The maximum Gasteiger partial charge on any atom is 0.227 e. The Morgan fingerprint density at radius 2 is 1.52 bits per heavy atom. The monoisotopic (exact) mass is 1090 g/mol. The molecule has 0 spiro atoms. The summed E-state index contributed by atoms with van der Waals surface area (Å²) in [5.41, 5.74) is 4.70. The smallest absolute Gasteiger partial charge is 0.227 e. The Morgan fingerprint density at radius 1 is 0.794 bits per heavy atom. The van der Waals surface area contributed by atoms with E-state index >= 15 is 8.78 Å². The number of furan rings is 1. The van der Waals surface area contributed by atoms with E-state index in [1.54, 1.807) is 24.3 Å². The zero-order valence-electron chi connectivity index (χ0n) is 42.4. The summed E-state index contributed by atoms with van der Waals surface area (Å²) < 4.78 is 100. The third kappa shape index (κ3) is 9.54. The Balaban J connectivity index is 0.000000250. The molecule has 6 nitrogen and oxygen atoms in total. The van der Waals surface area contributed by atoms with Gasteiger partial charge in [0.2, 0.25) is 5.71 Å². The van der Waals surface area contributed by atoms with Crippen LogP contribution in [0.3, 0.4) is 0 Å². The molecule has 5 aromatic heterocycles. The number of rotatable bonds is 8. The molecular formula is C52H52F3GeIrN5O-2. The quantitative estimate of drug-likeness (QED) is 0.112. The van der Waals surface area contributed by atoms with Crippen LogP contribution in [-0.2, 0) is 32.9 Å². The minimum absolute atomic E-state index is 0. The van der Waals surface area contributed by atoms with E-state index in [1.807, 2.05) is 36.5 Å². The standard InChI is InChI=1S/C32H24F2N4O.C19H25FGeN.CH3.Ir/c1-17(2)16-20-13-14-22-21-6-4-7-23(30(21)39-32(22)36-20)31-37-26-15-12-19-11-10-18(3)35-27(19)29(26)38(31)28-24(33)8-5-9-25(28)34;1-13(2)9-15-11-19(22-12-18(15)21(4,5)6)16-8-7-14(3)10-17(16)20;;/h4-15,17H,16H2,1-3H3;7,10-13H,9H2,1-6H3;1H3;/q;2*-1;/i2*3D3;;. The molecule has 0 atom stereocenters. The van der Waals surface area contributed by atoms with Crippen molar-refractivity contribution < 1.29 is 45.9 Å². The van der Waals surface area contributed by atoms with E-state index in [1.165, 1.54) is 44.9 Å². The van der Waals surface area contributed by atoms with Crippen LogP contribution in [0.4, 0.5) is 13.2 Å². The van der Waals surface area contributed by atoms with Gasteiger partial charge >= 0.3 is 140 Å². The predicted molar refractivity (Wildman–Crippen MR) is 251 cm³/mol. The first-order valence-corrected chi connectivity index (χ1v) is 27.6. The largest absolute Gasteiger partial charge is 0.437 e. The molecule has 0 saturated heterocycles. The van der Waals surface area contributed by atoms with E-state index in [0.29, 0.717) is 45.3 Å². The normalized spacial score (nSPS) is 13.5. The fourth-order valence-electron chi connectivity index (χ4n) is 7.85. The van der Waals surface area contributed by atoms with Crippen molar-refractivity contribution in [3.05, 3.63) is 151 Å². The van der Waals surface area contributed by atoms with E-state index in [9.17, 15) is 4.39 Å². The van der Waals surface area contributed by atoms with Crippen molar-refractivity contribution in [2.24, 2.45) is 11.8 Å². The minimum Gasteiger partial charge on any atom is -0.437 e.